The summed E-state index contributed by atoms with van der Waals surface area (Å²) in [6.45, 7) is 0. The molecule has 0 bridgehead atoms. The van der Waals surface area contributed by atoms with Gasteiger partial charge in [0.05, 0.1) is 15.6 Å². The summed E-state index contributed by atoms with van der Waals surface area (Å²) in [5, 5.41) is 4.74. The van der Waals surface area contributed by atoms with Crippen molar-refractivity contribution >= 4 is 40.5 Å². The molecule has 7 heteroatoms. The number of hydrogen-bond donors (Lipinski definition) is 2. The quantitative estimate of drug-likeness (QED) is 0.600. The molecule has 1 aromatic heterocycles. The smallest absolute Gasteiger partial charge is 0.287 e. The number of nitrogen functional groups attached to an aromatic ring is 2. The normalized spacial score (nSPS) is 14.7. The first-order valence-electron chi connectivity index (χ1n) is 4.98. The lowest BCUT2D eigenvalue weighted by molar-refractivity contribution is -0.731. The third kappa shape index (κ3) is 2.24. The number of allylic oxidation sites excluding steroid dienone is 5. The lowest BCUT2D eigenvalue weighted by Crippen LogP contribution is -2.40. The molecule has 0 aliphatic heterocycles. The van der Waals surface area contributed by atoms with Crippen molar-refractivity contribution in [1.29, 1.82) is 0 Å². The largest absolute Gasteiger partial charge is 0.378 e. The van der Waals surface area contributed by atoms with E-state index in [-0.39, 0.29) is 11.8 Å². The monoisotopic (exact) mass is 282 g/mol. The topological polar surface area (TPSA) is 81.7 Å². The second-order valence-electron chi connectivity index (χ2n) is 3.55. The molecule has 1 aromatic rings. The van der Waals surface area contributed by atoms with E-state index in [1.807, 2.05) is 0 Å². The predicted octanol–water partition coefficient (Wildman–Crippen LogP) is 1.26. The Balaban J connectivity index is 2.73. The lowest BCUT2D eigenvalue weighted by atomic mass is 10.1. The van der Waals surface area contributed by atoms with Gasteiger partial charge in [0.15, 0.2) is 7.05 Å². The van der Waals surface area contributed by atoms with Gasteiger partial charge in [-0.05, 0) is 18.2 Å². The van der Waals surface area contributed by atoms with E-state index in [1.54, 1.807) is 25.3 Å². The molecule has 1 aliphatic carbocycles. The zero-order valence-corrected chi connectivity index (χ0v) is 11.0. The molecule has 0 radical (unpaired) electrons. The zero-order chi connectivity index (χ0) is 13.3. The Kier molecular flexibility index (Phi) is 3.39. The Morgan fingerprint density at radius 3 is 2.72 bits per heavy atom. The van der Waals surface area contributed by atoms with Crippen LogP contribution in [0.15, 0.2) is 34.0 Å². The number of rotatable bonds is 1. The van der Waals surface area contributed by atoms with E-state index in [2.05, 4.69) is 15.8 Å². The first-order valence-corrected chi connectivity index (χ1v) is 5.74. The molecule has 0 saturated carbocycles. The first-order chi connectivity index (χ1) is 8.50. The fourth-order valence-corrected chi connectivity index (χ4v) is 1.94. The maximum Gasteiger partial charge on any atom is 0.287 e. The number of nitrogens with zero attached hydrogens (tertiary/aromatic N) is 3. The molecule has 0 amide bonds. The van der Waals surface area contributed by atoms with Crippen LogP contribution in [0.4, 0.5) is 11.8 Å². The summed E-state index contributed by atoms with van der Waals surface area (Å²) in [5.41, 5.74) is 15.4. The summed E-state index contributed by atoms with van der Waals surface area (Å²) in [6.07, 6.45) is 4.97. The third-order valence-corrected chi connectivity index (χ3v) is 3.13. The molecule has 0 aromatic carbocycles. The molecule has 0 saturated heterocycles. The van der Waals surface area contributed by atoms with E-state index in [0.717, 1.165) is 0 Å². The maximum absolute atomic E-state index is 6.19. The van der Waals surface area contributed by atoms with E-state index in [0.29, 0.717) is 21.3 Å². The fourth-order valence-electron chi connectivity index (χ4n) is 1.57. The molecular weight excluding hydrogens is 273 g/mol. The highest BCUT2D eigenvalue weighted by atomic mass is 35.5. The molecule has 0 atom stereocenters. The predicted molar refractivity (Wildman–Crippen MR) is 71.4 cm³/mol. The Bertz CT molecular complexity index is 616. The van der Waals surface area contributed by atoms with Crippen LogP contribution in [0.5, 0.6) is 0 Å². The number of anilines is 2. The summed E-state index contributed by atoms with van der Waals surface area (Å²) in [5.74, 6) is 0.313. The number of aromatic nitrogens is 3. The minimum absolute atomic E-state index is 0.0882. The third-order valence-electron chi connectivity index (χ3n) is 2.31. The van der Waals surface area contributed by atoms with Gasteiger partial charge in [0.2, 0.25) is 5.82 Å². The van der Waals surface area contributed by atoms with Crippen LogP contribution in [0.3, 0.4) is 0 Å². The van der Waals surface area contributed by atoms with Crippen molar-refractivity contribution in [2.45, 2.75) is 0 Å². The highest BCUT2D eigenvalue weighted by molar-refractivity contribution is 6.46. The minimum Gasteiger partial charge on any atom is -0.378 e. The Hall–Kier alpha value is -1.81. The number of hydrogen-bond acceptors (Lipinski definition) is 4. The van der Waals surface area contributed by atoms with E-state index in [1.165, 1.54) is 4.68 Å². The molecule has 0 fully saturated rings. The van der Waals surface area contributed by atoms with Crippen LogP contribution in [0.1, 0.15) is 5.69 Å². The van der Waals surface area contributed by atoms with E-state index in [9.17, 15) is 0 Å². The van der Waals surface area contributed by atoms with Gasteiger partial charge in [0, 0.05) is 5.10 Å². The molecule has 1 heterocycles. The fraction of sp³-hybridized carbons (Fsp3) is 0.0909. The number of nitrogens with two attached hydrogens (primary N) is 2. The van der Waals surface area contributed by atoms with Crippen LogP contribution in [0.25, 0.3) is 5.57 Å². The second kappa shape index (κ2) is 4.82. The highest BCUT2D eigenvalue weighted by Gasteiger charge is 2.23. The summed E-state index contributed by atoms with van der Waals surface area (Å²) in [4.78, 5) is 3.91. The first kappa shape index (κ1) is 12.6. The van der Waals surface area contributed by atoms with Gasteiger partial charge in [0.25, 0.3) is 11.6 Å². The van der Waals surface area contributed by atoms with Gasteiger partial charge in [-0.1, -0.05) is 27.9 Å². The van der Waals surface area contributed by atoms with Gasteiger partial charge in [-0.25, -0.2) is 0 Å². The van der Waals surface area contributed by atoms with Crippen molar-refractivity contribution in [2.75, 3.05) is 11.5 Å². The second-order valence-corrected chi connectivity index (χ2v) is 4.33. The van der Waals surface area contributed by atoms with E-state index < -0.39 is 0 Å². The van der Waals surface area contributed by atoms with Crippen LogP contribution in [-0.2, 0) is 7.05 Å². The van der Waals surface area contributed by atoms with Gasteiger partial charge in [-0.3, -0.25) is 0 Å². The molecule has 4 N–H and O–H groups in total. The van der Waals surface area contributed by atoms with Crippen molar-refractivity contribution in [3.8, 4) is 0 Å². The van der Waals surface area contributed by atoms with Crippen LogP contribution in [0.2, 0.25) is 0 Å². The zero-order valence-electron chi connectivity index (χ0n) is 9.48. The summed E-state index contributed by atoms with van der Waals surface area (Å²) >= 11 is 12.2. The van der Waals surface area contributed by atoms with Crippen molar-refractivity contribution < 1.29 is 4.68 Å². The molecule has 2 rings (SSSR count). The molecule has 18 heavy (non-hydrogen) atoms. The summed E-state index contributed by atoms with van der Waals surface area (Å²) in [7, 11) is 1.70. The summed E-state index contributed by atoms with van der Waals surface area (Å²) < 4.78 is 1.50. The minimum atomic E-state index is 0.0882. The molecular formula is C11H10Cl2N5+. The van der Waals surface area contributed by atoms with Crippen molar-refractivity contribution in [2.24, 2.45) is 7.05 Å². The van der Waals surface area contributed by atoms with Gasteiger partial charge < -0.3 is 11.5 Å². The molecule has 0 spiro atoms. The van der Waals surface area contributed by atoms with Gasteiger partial charge in [0.1, 0.15) is 0 Å². The van der Waals surface area contributed by atoms with Crippen molar-refractivity contribution in [1.82, 2.24) is 10.1 Å². The molecule has 1 aliphatic rings. The molecule has 92 valence electrons. The number of aryl methyl sites for hydroxylation is 1. The summed E-state index contributed by atoms with van der Waals surface area (Å²) in [6, 6.07) is 0. The molecule has 5 nitrogen and oxygen atoms in total. The Labute approximate surface area is 114 Å². The lowest BCUT2D eigenvalue weighted by Gasteiger charge is -2.04. The maximum atomic E-state index is 6.19. The van der Waals surface area contributed by atoms with Crippen molar-refractivity contribution in [3.05, 3.63) is 39.7 Å². The van der Waals surface area contributed by atoms with Crippen LogP contribution in [-0.4, -0.2) is 10.1 Å². The van der Waals surface area contributed by atoms with Gasteiger partial charge in [-0.15, -0.1) is 5.73 Å². The average molecular weight is 283 g/mol. The highest BCUT2D eigenvalue weighted by Crippen LogP contribution is 2.31. The van der Waals surface area contributed by atoms with Crippen LogP contribution >= 0.6 is 23.2 Å². The van der Waals surface area contributed by atoms with Gasteiger partial charge in [-0.2, -0.15) is 4.98 Å². The van der Waals surface area contributed by atoms with Gasteiger partial charge >= 0.3 is 0 Å². The SMILES string of the molecule is C[n+]1nc(N)nc(N)c1C1=C(Cl)C(Cl)=CC=C=C1. The van der Waals surface area contributed by atoms with Crippen molar-refractivity contribution in [3.63, 3.8) is 0 Å². The van der Waals surface area contributed by atoms with Crippen LogP contribution < -0.4 is 16.1 Å². The molecule has 0 unspecified atom stereocenters. The Morgan fingerprint density at radius 1 is 1.33 bits per heavy atom. The van der Waals surface area contributed by atoms with E-state index >= 15 is 0 Å². The standard InChI is InChI=1S/C11H10Cl2N5/c1-18-9(10(14)16-11(15)17-18)6-4-2-3-5-7(12)8(6)13/h3-5H,1H3,(H4,14,15,16,17)/q+1. The number of halogens is 2. The Morgan fingerprint density at radius 2 is 2.06 bits per heavy atom. The average Bonchev–Trinajstić information content (AvgIpc) is 2.43. The van der Waals surface area contributed by atoms with Crippen LogP contribution in [0, 0.1) is 0 Å². The van der Waals surface area contributed by atoms with E-state index in [4.69, 9.17) is 34.7 Å².